The number of nitrogens with two attached hydrogens (primary N) is 1. The fraction of sp³-hybridized carbons (Fsp3) is 0.167. The summed E-state index contributed by atoms with van der Waals surface area (Å²) in [5.74, 6) is -1.63. The zero-order chi connectivity index (χ0) is 21.3. The largest absolute Gasteiger partial charge is 0.369 e. The Morgan fingerprint density at radius 3 is 2.10 bits per heavy atom. The normalized spacial score (nSPS) is 12.7. The standard InChI is InChI=1S/C24H23FN2O2S/c25-20-13-11-17(12-14-20)15-19(23(26)28)16-27-24(29)22(18-7-3-1-4-8-18)30-21-9-5-2-6-10-21/h1-14,19,22H,15-16H2,(H2,26,28)(H,27,29). The molecule has 3 aromatic carbocycles. The van der Waals surface area contributed by atoms with Gasteiger partial charge in [0.05, 0.1) is 5.92 Å². The second kappa shape index (κ2) is 10.6. The molecule has 0 bridgehead atoms. The van der Waals surface area contributed by atoms with Crippen LogP contribution in [-0.4, -0.2) is 18.4 Å². The van der Waals surface area contributed by atoms with Crippen molar-refractivity contribution in [1.29, 1.82) is 0 Å². The van der Waals surface area contributed by atoms with Crippen molar-refractivity contribution in [3.05, 3.63) is 102 Å². The Morgan fingerprint density at radius 2 is 1.50 bits per heavy atom. The second-order valence-electron chi connectivity index (χ2n) is 6.90. The molecule has 0 saturated heterocycles. The number of primary amides is 1. The molecule has 0 heterocycles. The summed E-state index contributed by atoms with van der Waals surface area (Å²) in [6.07, 6.45) is 0.331. The van der Waals surface area contributed by atoms with E-state index in [2.05, 4.69) is 5.32 Å². The Kier molecular flexibility index (Phi) is 7.63. The van der Waals surface area contributed by atoms with Gasteiger partial charge in [-0.2, -0.15) is 0 Å². The summed E-state index contributed by atoms with van der Waals surface area (Å²) in [5, 5.41) is 2.42. The third kappa shape index (κ3) is 6.19. The average molecular weight is 423 g/mol. The summed E-state index contributed by atoms with van der Waals surface area (Å²) in [5.41, 5.74) is 7.20. The number of nitrogens with one attached hydrogen (secondary N) is 1. The summed E-state index contributed by atoms with van der Waals surface area (Å²) < 4.78 is 13.1. The van der Waals surface area contributed by atoms with Crippen molar-refractivity contribution in [3.63, 3.8) is 0 Å². The highest BCUT2D eigenvalue weighted by molar-refractivity contribution is 8.00. The van der Waals surface area contributed by atoms with Gasteiger partial charge in [0.1, 0.15) is 11.1 Å². The highest BCUT2D eigenvalue weighted by atomic mass is 32.2. The molecule has 0 aromatic heterocycles. The molecule has 0 aliphatic heterocycles. The molecule has 154 valence electrons. The van der Waals surface area contributed by atoms with Gasteiger partial charge in [-0.1, -0.05) is 60.7 Å². The number of benzene rings is 3. The van der Waals surface area contributed by atoms with Crippen molar-refractivity contribution >= 4 is 23.6 Å². The molecule has 0 spiro atoms. The Bertz CT molecular complexity index is 966. The summed E-state index contributed by atoms with van der Waals surface area (Å²) in [4.78, 5) is 25.9. The van der Waals surface area contributed by atoms with E-state index >= 15 is 0 Å². The third-order valence-electron chi connectivity index (χ3n) is 4.66. The molecule has 6 heteroatoms. The van der Waals surface area contributed by atoms with Crippen molar-refractivity contribution in [3.8, 4) is 0 Å². The maximum Gasteiger partial charge on any atom is 0.238 e. The second-order valence-corrected chi connectivity index (χ2v) is 8.08. The van der Waals surface area contributed by atoms with Crippen LogP contribution in [0.15, 0.2) is 89.8 Å². The van der Waals surface area contributed by atoms with E-state index < -0.39 is 17.1 Å². The van der Waals surface area contributed by atoms with Crippen LogP contribution in [-0.2, 0) is 16.0 Å². The smallest absolute Gasteiger partial charge is 0.238 e. The van der Waals surface area contributed by atoms with E-state index in [4.69, 9.17) is 5.73 Å². The van der Waals surface area contributed by atoms with Crippen LogP contribution in [0.5, 0.6) is 0 Å². The van der Waals surface area contributed by atoms with Crippen LogP contribution in [0.2, 0.25) is 0 Å². The van der Waals surface area contributed by atoms with E-state index in [9.17, 15) is 14.0 Å². The SMILES string of the molecule is NC(=O)C(CNC(=O)C(Sc1ccccc1)c1ccccc1)Cc1ccc(F)cc1. The van der Waals surface area contributed by atoms with Crippen LogP contribution in [0.25, 0.3) is 0 Å². The highest BCUT2D eigenvalue weighted by Gasteiger charge is 2.24. The van der Waals surface area contributed by atoms with Crippen molar-refractivity contribution in [2.24, 2.45) is 11.7 Å². The monoisotopic (exact) mass is 422 g/mol. The first-order chi connectivity index (χ1) is 14.5. The molecule has 2 unspecified atom stereocenters. The van der Waals surface area contributed by atoms with Gasteiger partial charge in [-0.25, -0.2) is 4.39 Å². The van der Waals surface area contributed by atoms with E-state index in [-0.39, 0.29) is 18.3 Å². The maximum atomic E-state index is 13.1. The zero-order valence-corrected chi connectivity index (χ0v) is 17.1. The zero-order valence-electron chi connectivity index (χ0n) is 16.3. The summed E-state index contributed by atoms with van der Waals surface area (Å²) in [7, 11) is 0. The van der Waals surface area contributed by atoms with Gasteiger partial charge in [0, 0.05) is 11.4 Å². The number of carbonyl (C=O) groups is 2. The van der Waals surface area contributed by atoms with Crippen molar-refractivity contribution in [1.82, 2.24) is 5.32 Å². The maximum absolute atomic E-state index is 13.1. The number of hydrogen-bond acceptors (Lipinski definition) is 3. The molecule has 0 radical (unpaired) electrons. The molecule has 2 amide bonds. The lowest BCUT2D eigenvalue weighted by molar-refractivity contribution is -0.123. The molecule has 3 N–H and O–H groups in total. The molecule has 0 aliphatic rings. The molecule has 3 aromatic rings. The third-order valence-corrected chi connectivity index (χ3v) is 5.92. The highest BCUT2D eigenvalue weighted by Crippen LogP contribution is 2.35. The Labute approximate surface area is 179 Å². The van der Waals surface area contributed by atoms with Gasteiger partial charge in [0.15, 0.2) is 0 Å². The van der Waals surface area contributed by atoms with E-state index in [1.807, 2.05) is 60.7 Å². The lowest BCUT2D eigenvalue weighted by Crippen LogP contribution is -2.38. The average Bonchev–Trinajstić information content (AvgIpc) is 2.77. The van der Waals surface area contributed by atoms with Gasteiger partial charge in [0.25, 0.3) is 0 Å². The Balaban J connectivity index is 1.70. The molecular formula is C24H23FN2O2S. The first kappa shape index (κ1) is 21.6. The minimum atomic E-state index is -0.586. The number of thioether (sulfide) groups is 1. The minimum absolute atomic E-state index is 0.115. The van der Waals surface area contributed by atoms with E-state index in [0.717, 1.165) is 16.0 Å². The fourth-order valence-corrected chi connectivity index (χ4v) is 4.10. The van der Waals surface area contributed by atoms with Crippen molar-refractivity contribution < 1.29 is 14.0 Å². The number of amides is 2. The summed E-state index contributed by atoms with van der Waals surface area (Å²) in [6.45, 7) is 0.115. The topological polar surface area (TPSA) is 72.2 Å². The van der Waals surface area contributed by atoms with Gasteiger partial charge in [-0.05, 0) is 41.8 Å². The predicted octanol–water partition coefficient (Wildman–Crippen LogP) is 4.12. The van der Waals surface area contributed by atoms with Crippen molar-refractivity contribution in [2.45, 2.75) is 16.6 Å². The minimum Gasteiger partial charge on any atom is -0.369 e. The molecule has 0 saturated carbocycles. The number of rotatable bonds is 9. The Hall–Kier alpha value is -3.12. The number of carbonyl (C=O) groups excluding carboxylic acids is 2. The van der Waals surface area contributed by atoms with Crippen LogP contribution in [0, 0.1) is 11.7 Å². The van der Waals surface area contributed by atoms with E-state index in [1.165, 1.54) is 23.9 Å². The van der Waals surface area contributed by atoms with Gasteiger partial charge >= 0.3 is 0 Å². The molecule has 0 fully saturated rings. The quantitative estimate of drug-likeness (QED) is 0.510. The molecule has 2 atom stereocenters. The summed E-state index contributed by atoms with van der Waals surface area (Å²) in [6, 6.07) is 25.1. The molecular weight excluding hydrogens is 399 g/mol. The molecule has 4 nitrogen and oxygen atoms in total. The van der Waals surface area contributed by atoms with Gasteiger partial charge in [0.2, 0.25) is 11.8 Å². The van der Waals surface area contributed by atoms with Gasteiger partial charge in [-0.15, -0.1) is 11.8 Å². The van der Waals surface area contributed by atoms with E-state index in [1.54, 1.807) is 12.1 Å². The number of hydrogen-bond donors (Lipinski definition) is 2. The van der Waals surface area contributed by atoms with Crippen LogP contribution in [0.1, 0.15) is 16.4 Å². The van der Waals surface area contributed by atoms with Crippen molar-refractivity contribution in [2.75, 3.05) is 6.54 Å². The molecule has 3 rings (SSSR count). The van der Waals surface area contributed by atoms with Crippen LogP contribution >= 0.6 is 11.8 Å². The molecule has 0 aliphatic carbocycles. The first-order valence-electron chi connectivity index (χ1n) is 9.61. The number of halogens is 1. The lowest BCUT2D eigenvalue weighted by atomic mass is 9.98. The predicted molar refractivity (Wildman–Crippen MR) is 117 cm³/mol. The Morgan fingerprint density at radius 1 is 0.900 bits per heavy atom. The van der Waals surface area contributed by atoms with Gasteiger partial charge < -0.3 is 11.1 Å². The van der Waals surface area contributed by atoms with Crippen LogP contribution < -0.4 is 11.1 Å². The fourth-order valence-electron chi connectivity index (χ4n) is 3.03. The molecule has 30 heavy (non-hydrogen) atoms. The van der Waals surface area contributed by atoms with E-state index in [0.29, 0.717) is 6.42 Å². The van der Waals surface area contributed by atoms with Gasteiger partial charge in [-0.3, -0.25) is 9.59 Å². The first-order valence-corrected chi connectivity index (χ1v) is 10.5. The summed E-state index contributed by atoms with van der Waals surface area (Å²) >= 11 is 1.45. The van der Waals surface area contributed by atoms with Crippen LogP contribution in [0.3, 0.4) is 0 Å². The lowest BCUT2D eigenvalue weighted by Gasteiger charge is -2.19. The van der Waals surface area contributed by atoms with Crippen LogP contribution in [0.4, 0.5) is 4.39 Å².